The fourth-order valence-electron chi connectivity index (χ4n) is 0.791. The van der Waals surface area contributed by atoms with Crippen molar-refractivity contribution in [3.8, 4) is 0 Å². The van der Waals surface area contributed by atoms with Gasteiger partial charge >= 0.3 is 6.09 Å². The van der Waals surface area contributed by atoms with Gasteiger partial charge in [-0.25, -0.2) is 4.79 Å². The first-order chi connectivity index (χ1) is 6.87. The van der Waals surface area contributed by atoms with Gasteiger partial charge in [0.15, 0.2) is 5.82 Å². The summed E-state index contributed by atoms with van der Waals surface area (Å²) >= 11 is 0. The molecule has 1 rings (SSSR count). The molecule has 1 heterocycles. The average Bonchev–Trinajstić information content (AvgIpc) is 2.05. The number of hydrogen-bond acceptors (Lipinski definition) is 4. The van der Waals surface area contributed by atoms with Crippen LogP contribution in [0.5, 0.6) is 0 Å². The van der Waals surface area contributed by atoms with E-state index in [9.17, 15) is 9.18 Å². The maximum absolute atomic E-state index is 12.4. The van der Waals surface area contributed by atoms with E-state index in [1.54, 1.807) is 20.8 Å². The first-order valence-corrected chi connectivity index (χ1v) is 4.36. The standard InChI is InChI=1S/C9H12FN3O2/c1-9(2,3)15-8(14)11-7-5-4-6(10)12-13-7/h4-5H,1-3H3,(H,11,13,14). The van der Waals surface area contributed by atoms with Crippen molar-refractivity contribution in [1.82, 2.24) is 10.2 Å². The van der Waals surface area contributed by atoms with E-state index in [0.717, 1.165) is 6.07 Å². The smallest absolute Gasteiger partial charge is 0.413 e. The van der Waals surface area contributed by atoms with Crippen molar-refractivity contribution >= 4 is 11.9 Å². The van der Waals surface area contributed by atoms with Crippen molar-refractivity contribution in [2.75, 3.05) is 5.32 Å². The summed E-state index contributed by atoms with van der Waals surface area (Å²) in [5.41, 5.74) is -0.586. The second-order valence-electron chi connectivity index (χ2n) is 3.87. The lowest BCUT2D eigenvalue weighted by Gasteiger charge is -2.19. The molecule has 5 nitrogen and oxygen atoms in total. The monoisotopic (exact) mass is 213 g/mol. The SMILES string of the molecule is CC(C)(C)OC(=O)Nc1ccc(F)nn1. The summed E-state index contributed by atoms with van der Waals surface area (Å²) in [6, 6.07) is 2.39. The summed E-state index contributed by atoms with van der Waals surface area (Å²) in [5.74, 6) is -0.560. The molecule has 0 unspecified atom stereocenters. The zero-order chi connectivity index (χ0) is 11.5. The Morgan fingerprint density at radius 1 is 1.40 bits per heavy atom. The van der Waals surface area contributed by atoms with Gasteiger partial charge in [0.1, 0.15) is 5.60 Å². The number of nitrogens with one attached hydrogen (secondary N) is 1. The molecule has 0 atom stereocenters. The van der Waals surface area contributed by atoms with Crippen molar-refractivity contribution in [3.63, 3.8) is 0 Å². The molecule has 0 bridgehead atoms. The average molecular weight is 213 g/mol. The van der Waals surface area contributed by atoms with Gasteiger partial charge in [0.05, 0.1) is 0 Å². The first kappa shape index (κ1) is 11.4. The molecule has 0 fully saturated rings. The molecule has 0 spiro atoms. The van der Waals surface area contributed by atoms with Crippen LogP contribution < -0.4 is 5.32 Å². The van der Waals surface area contributed by atoms with E-state index < -0.39 is 17.6 Å². The molecule has 0 aliphatic rings. The number of anilines is 1. The van der Waals surface area contributed by atoms with Crippen LogP contribution in [0.2, 0.25) is 0 Å². The molecule has 1 aromatic heterocycles. The maximum atomic E-state index is 12.4. The van der Waals surface area contributed by atoms with E-state index in [0.29, 0.717) is 0 Å². The molecular formula is C9H12FN3O2. The lowest BCUT2D eigenvalue weighted by atomic mass is 10.2. The molecule has 82 valence electrons. The van der Waals surface area contributed by atoms with Gasteiger partial charge in [0.25, 0.3) is 0 Å². The number of hydrogen-bond donors (Lipinski definition) is 1. The molecule has 6 heteroatoms. The van der Waals surface area contributed by atoms with Crippen LogP contribution in [0.25, 0.3) is 0 Å². The number of carbonyl (C=O) groups is 1. The Balaban J connectivity index is 2.55. The number of rotatable bonds is 1. The number of aromatic nitrogens is 2. The molecular weight excluding hydrogens is 201 g/mol. The van der Waals surface area contributed by atoms with Gasteiger partial charge in [0, 0.05) is 0 Å². The van der Waals surface area contributed by atoms with Crippen molar-refractivity contribution in [1.29, 1.82) is 0 Å². The minimum Gasteiger partial charge on any atom is -0.444 e. The van der Waals surface area contributed by atoms with Crippen LogP contribution in [-0.4, -0.2) is 21.9 Å². The molecule has 0 saturated carbocycles. The molecule has 0 aliphatic heterocycles. The van der Waals surface area contributed by atoms with Crippen LogP contribution in [0, 0.1) is 5.95 Å². The van der Waals surface area contributed by atoms with Crippen molar-refractivity contribution in [3.05, 3.63) is 18.1 Å². The van der Waals surface area contributed by atoms with Crippen LogP contribution in [0.1, 0.15) is 20.8 Å². The Kier molecular flexibility index (Phi) is 3.18. The quantitative estimate of drug-likeness (QED) is 0.774. The Hall–Kier alpha value is -1.72. The lowest BCUT2D eigenvalue weighted by molar-refractivity contribution is 0.0635. The minimum atomic E-state index is -0.704. The van der Waals surface area contributed by atoms with Crippen LogP contribution in [0.15, 0.2) is 12.1 Å². The predicted molar refractivity (Wildman–Crippen MR) is 51.8 cm³/mol. The molecule has 0 saturated heterocycles. The van der Waals surface area contributed by atoms with E-state index in [2.05, 4.69) is 15.5 Å². The van der Waals surface area contributed by atoms with E-state index in [-0.39, 0.29) is 5.82 Å². The van der Waals surface area contributed by atoms with Crippen molar-refractivity contribution in [2.45, 2.75) is 26.4 Å². The molecule has 1 amide bonds. The molecule has 0 aromatic carbocycles. The van der Waals surface area contributed by atoms with E-state index >= 15 is 0 Å². The summed E-state index contributed by atoms with van der Waals surface area (Å²) in [4.78, 5) is 11.2. The zero-order valence-corrected chi connectivity index (χ0v) is 8.74. The number of ether oxygens (including phenoxy) is 1. The summed E-state index contributed by atoms with van der Waals surface area (Å²) in [5, 5.41) is 8.88. The van der Waals surface area contributed by atoms with Crippen molar-refractivity contribution < 1.29 is 13.9 Å². The molecule has 1 N–H and O–H groups in total. The van der Waals surface area contributed by atoms with Crippen LogP contribution in [0.4, 0.5) is 15.0 Å². The fourth-order valence-corrected chi connectivity index (χ4v) is 0.791. The lowest BCUT2D eigenvalue weighted by Crippen LogP contribution is -2.27. The van der Waals surface area contributed by atoms with Crippen LogP contribution >= 0.6 is 0 Å². The van der Waals surface area contributed by atoms with Gasteiger partial charge in [0.2, 0.25) is 5.95 Å². The van der Waals surface area contributed by atoms with Crippen molar-refractivity contribution in [2.24, 2.45) is 0 Å². The molecule has 0 aliphatic carbocycles. The molecule has 0 radical (unpaired) electrons. The van der Waals surface area contributed by atoms with Gasteiger partial charge in [-0.15, -0.1) is 10.2 Å². The number of nitrogens with zero attached hydrogens (tertiary/aromatic N) is 2. The summed E-state index contributed by atoms with van der Waals surface area (Å²) in [6.45, 7) is 5.22. The highest BCUT2D eigenvalue weighted by atomic mass is 19.1. The maximum Gasteiger partial charge on any atom is 0.413 e. The second-order valence-corrected chi connectivity index (χ2v) is 3.87. The minimum absolute atomic E-state index is 0.144. The van der Waals surface area contributed by atoms with Crippen LogP contribution in [-0.2, 0) is 4.74 Å². The molecule has 1 aromatic rings. The largest absolute Gasteiger partial charge is 0.444 e. The van der Waals surface area contributed by atoms with Gasteiger partial charge in [-0.2, -0.15) is 4.39 Å². The summed E-state index contributed by atoms with van der Waals surface area (Å²) in [7, 11) is 0. The third-order valence-electron chi connectivity index (χ3n) is 1.26. The summed E-state index contributed by atoms with van der Waals surface area (Å²) < 4.78 is 17.3. The predicted octanol–water partition coefficient (Wildman–Crippen LogP) is 1.96. The fraction of sp³-hybridized carbons (Fsp3) is 0.444. The Labute approximate surface area is 86.7 Å². The zero-order valence-electron chi connectivity index (χ0n) is 8.74. The van der Waals surface area contributed by atoms with E-state index in [1.807, 2.05) is 0 Å². The Bertz CT molecular complexity index is 345. The number of halogens is 1. The number of carbonyl (C=O) groups excluding carboxylic acids is 1. The van der Waals surface area contributed by atoms with E-state index in [4.69, 9.17) is 4.74 Å². The van der Waals surface area contributed by atoms with E-state index in [1.165, 1.54) is 6.07 Å². The first-order valence-electron chi connectivity index (χ1n) is 4.36. The van der Waals surface area contributed by atoms with Gasteiger partial charge in [-0.1, -0.05) is 0 Å². The Morgan fingerprint density at radius 3 is 2.53 bits per heavy atom. The van der Waals surface area contributed by atoms with Gasteiger partial charge < -0.3 is 4.74 Å². The Morgan fingerprint density at radius 2 is 2.07 bits per heavy atom. The summed E-state index contributed by atoms with van der Waals surface area (Å²) in [6.07, 6.45) is -0.650. The molecule has 15 heavy (non-hydrogen) atoms. The van der Waals surface area contributed by atoms with Gasteiger partial charge in [-0.3, -0.25) is 5.32 Å². The second kappa shape index (κ2) is 4.20. The third kappa shape index (κ3) is 4.35. The van der Waals surface area contributed by atoms with Gasteiger partial charge in [-0.05, 0) is 32.9 Å². The topological polar surface area (TPSA) is 64.1 Å². The normalized spacial score (nSPS) is 10.9. The third-order valence-corrected chi connectivity index (χ3v) is 1.26. The highest BCUT2D eigenvalue weighted by Crippen LogP contribution is 2.09. The highest BCUT2D eigenvalue weighted by molar-refractivity contribution is 5.83. The number of amides is 1. The van der Waals surface area contributed by atoms with Crippen LogP contribution in [0.3, 0.4) is 0 Å². The highest BCUT2D eigenvalue weighted by Gasteiger charge is 2.16.